The molecule has 0 aliphatic carbocycles. The van der Waals surface area contributed by atoms with E-state index >= 15 is 0 Å². The molecule has 0 spiro atoms. The van der Waals surface area contributed by atoms with E-state index in [1.54, 1.807) is 24.3 Å². The minimum Gasteiger partial charge on any atom is -0.508 e. The minimum atomic E-state index is 0.0173. The van der Waals surface area contributed by atoms with Gasteiger partial charge in [-0.1, -0.05) is 0 Å². The van der Waals surface area contributed by atoms with Gasteiger partial charge in [0.1, 0.15) is 23.9 Å². The van der Waals surface area contributed by atoms with Crippen molar-refractivity contribution in [3.05, 3.63) is 29.3 Å². The third-order valence-electron chi connectivity index (χ3n) is 2.06. The molecule has 4 heteroatoms. The molecule has 0 bridgehead atoms. The van der Waals surface area contributed by atoms with Crippen molar-refractivity contribution in [2.75, 3.05) is 6.61 Å². The van der Waals surface area contributed by atoms with Crippen molar-refractivity contribution < 1.29 is 9.84 Å². The van der Waals surface area contributed by atoms with Crippen LogP contribution >= 0.6 is 0 Å². The second-order valence-electron chi connectivity index (χ2n) is 3.09. The summed E-state index contributed by atoms with van der Waals surface area (Å²) < 4.78 is 5.33. The number of hydrogen-bond donors (Lipinski definition) is 3. The quantitative estimate of drug-likeness (QED) is 0.458. The highest BCUT2D eigenvalue weighted by Crippen LogP contribution is 2.29. The zero-order valence-electron chi connectivity index (χ0n) is 7.45. The molecule has 0 radical (unpaired) electrons. The van der Waals surface area contributed by atoms with Crippen LogP contribution in [0.5, 0.6) is 11.5 Å². The van der Waals surface area contributed by atoms with Crippen LogP contribution in [0.25, 0.3) is 6.08 Å². The lowest BCUT2D eigenvalue weighted by Crippen LogP contribution is -2.20. The summed E-state index contributed by atoms with van der Waals surface area (Å²) in [5.41, 5.74) is 6.83. The third kappa shape index (κ3) is 1.42. The largest absolute Gasteiger partial charge is 0.508 e. The molecule has 0 fully saturated rings. The standard InChI is InChI=1S/C10H10N2O2/c11-10(12)7-3-6-1-2-8(13)4-9(6)14-5-7/h1-4,13H,5H2,(H3,11,12). The monoisotopic (exact) mass is 190 g/mol. The molecule has 1 aliphatic heterocycles. The first-order valence-corrected chi connectivity index (χ1v) is 4.17. The normalized spacial score (nSPS) is 13.9. The number of ether oxygens (including phenoxy) is 1. The Balaban J connectivity index is 2.45. The van der Waals surface area contributed by atoms with Crippen molar-refractivity contribution in [3.8, 4) is 11.5 Å². The number of hydrogen-bond acceptors (Lipinski definition) is 3. The maximum atomic E-state index is 9.20. The van der Waals surface area contributed by atoms with Crippen LogP contribution in [0.15, 0.2) is 23.8 Å². The zero-order chi connectivity index (χ0) is 10.1. The molecule has 14 heavy (non-hydrogen) atoms. The molecule has 0 saturated heterocycles. The minimum absolute atomic E-state index is 0.0173. The van der Waals surface area contributed by atoms with Gasteiger partial charge in [0.25, 0.3) is 0 Å². The highest BCUT2D eigenvalue weighted by atomic mass is 16.5. The molecule has 2 rings (SSSR count). The molecule has 0 amide bonds. The van der Waals surface area contributed by atoms with Gasteiger partial charge < -0.3 is 15.6 Å². The van der Waals surface area contributed by atoms with Crippen LogP contribution in [0.2, 0.25) is 0 Å². The van der Waals surface area contributed by atoms with Gasteiger partial charge in [-0.05, 0) is 18.2 Å². The van der Waals surface area contributed by atoms with Crippen LogP contribution in [-0.2, 0) is 0 Å². The second-order valence-corrected chi connectivity index (χ2v) is 3.09. The maximum absolute atomic E-state index is 9.20. The first-order valence-electron chi connectivity index (χ1n) is 4.17. The third-order valence-corrected chi connectivity index (χ3v) is 2.06. The number of fused-ring (bicyclic) bond motifs is 1. The van der Waals surface area contributed by atoms with Gasteiger partial charge in [0.05, 0.1) is 0 Å². The van der Waals surface area contributed by atoms with E-state index in [-0.39, 0.29) is 18.2 Å². The van der Waals surface area contributed by atoms with Crippen LogP contribution in [0, 0.1) is 5.41 Å². The molecule has 0 unspecified atom stereocenters. The summed E-state index contributed by atoms with van der Waals surface area (Å²) in [7, 11) is 0. The van der Waals surface area contributed by atoms with E-state index in [9.17, 15) is 5.11 Å². The molecule has 1 aliphatic rings. The van der Waals surface area contributed by atoms with Crippen LogP contribution in [-0.4, -0.2) is 17.5 Å². The van der Waals surface area contributed by atoms with Crippen LogP contribution in [0.4, 0.5) is 0 Å². The molecule has 0 saturated carbocycles. The van der Waals surface area contributed by atoms with E-state index in [2.05, 4.69) is 0 Å². The van der Waals surface area contributed by atoms with Crippen molar-refractivity contribution in [2.45, 2.75) is 0 Å². The van der Waals surface area contributed by atoms with Crippen molar-refractivity contribution in [1.82, 2.24) is 0 Å². The zero-order valence-corrected chi connectivity index (χ0v) is 7.45. The van der Waals surface area contributed by atoms with Crippen molar-refractivity contribution in [3.63, 3.8) is 0 Å². The number of aromatic hydroxyl groups is 1. The van der Waals surface area contributed by atoms with E-state index < -0.39 is 0 Å². The first-order chi connectivity index (χ1) is 6.66. The summed E-state index contributed by atoms with van der Waals surface area (Å²) in [4.78, 5) is 0. The molecule has 4 nitrogen and oxygen atoms in total. The molecular weight excluding hydrogens is 180 g/mol. The van der Waals surface area contributed by atoms with Crippen LogP contribution in [0.3, 0.4) is 0 Å². The first kappa shape index (κ1) is 8.62. The summed E-state index contributed by atoms with van der Waals surface area (Å²) in [5, 5.41) is 16.4. The fourth-order valence-electron chi connectivity index (χ4n) is 1.31. The molecule has 1 heterocycles. The van der Waals surface area contributed by atoms with Gasteiger partial charge in [0.2, 0.25) is 0 Å². The van der Waals surface area contributed by atoms with Crippen molar-refractivity contribution in [1.29, 1.82) is 5.41 Å². The van der Waals surface area contributed by atoms with E-state index in [1.165, 1.54) is 0 Å². The molecule has 1 aromatic rings. The highest BCUT2D eigenvalue weighted by molar-refractivity contribution is 5.99. The lowest BCUT2D eigenvalue weighted by Gasteiger charge is -2.16. The SMILES string of the molecule is N=C(N)C1=Cc2ccc(O)cc2OC1. The fraction of sp³-hybridized carbons (Fsp3) is 0.100. The maximum Gasteiger partial charge on any atom is 0.130 e. The molecular formula is C10H10N2O2. The second kappa shape index (κ2) is 3.06. The summed E-state index contributed by atoms with van der Waals surface area (Å²) in [6, 6.07) is 4.84. The predicted molar refractivity (Wildman–Crippen MR) is 53.5 cm³/mol. The van der Waals surface area contributed by atoms with Gasteiger partial charge in [-0.15, -0.1) is 0 Å². The molecule has 4 N–H and O–H groups in total. The summed E-state index contributed by atoms with van der Waals surface area (Å²) in [6.45, 7) is 0.284. The van der Waals surface area contributed by atoms with Gasteiger partial charge in [0, 0.05) is 17.2 Å². The van der Waals surface area contributed by atoms with E-state index in [0.717, 1.165) is 5.56 Å². The summed E-state index contributed by atoms with van der Waals surface area (Å²) >= 11 is 0. The average Bonchev–Trinajstić information content (AvgIpc) is 2.16. The highest BCUT2D eigenvalue weighted by Gasteiger charge is 2.13. The number of nitrogens with one attached hydrogen (secondary N) is 1. The predicted octanol–water partition coefficient (Wildman–Crippen LogP) is 1.10. The van der Waals surface area contributed by atoms with Gasteiger partial charge in [0.15, 0.2) is 0 Å². The van der Waals surface area contributed by atoms with E-state index in [1.807, 2.05) is 0 Å². The van der Waals surface area contributed by atoms with E-state index in [0.29, 0.717) is 11.3 Å². The van der Waals surface area contributed by atoms with Crippen LogP contribution < -0.4 is 10.5 Å². The summed E-state index contributed by atoms with van der Waals surface area (Å²) in [6.07, 6.45) is 1.79. The lowest BCUT2D eigenvalue weighted by molar-refractivity contribution is 0.349. The number of phenols is 1. The molecule has 72 valence electrons. The molecule has 0 atom stereocenters. The number of nitrogens with two attached hydrogens (primary N) is 1. The Morgan fingerprint density at radius 3 is 3.00 bits per heavy atom. The number of amidine groups is 1. The Hall–Kier alpha value is -1.97. The van der Waals surface area contributed by atoms with Gasteiger partial charge in [-0.3, -0.25) is 5.41 Å². The Morgan fingerprint density at radius 1 is 1.50 bits per heavy atom. The van der Waals surface area contributed by atoms with E-state index in [4.69, 9.17) is 15.9 Å². The Bertz CT molecular complexity index is 424. The van der Waals surface area contributed by atoms with Crippen molar-refractivity contribution in [2.24, 2.45) is 5.73 Å². The van der Waals surface area contributed by atoms with Gasteiger partial charge >= 0.3 is 0 Å². The Kier molecular flexibility index (Phi) is 1.89. The smallest absolute Gasteiger partial charge is 0.130 e. The van der Waals surface area contributed by atoms with Crippen LogP contribution in [0.1, 0.15) is 5.56 Å². The molecule has 1 aromatic carbocycles. The number of benzene rings is 1. The molecule has 0 aromatic heterocycles. The lowest BCUT2D eigenvalue weighted by atomic mass is 10.1. The Labute approximate surface area is 81.1 Å². The summed E-state index contributed by atoms with van der Waals surface area (Å²) in [5.74, 6) is 0.808. The van der Waals surface area contributed by atoms with Gasteiger partial charge in [-0.25, -0.2) is 0 Å². The number of phenolic OH excluding ortho intramolecular Hbond substituents is 1. The number of rotatable bonds is 1. The van der Waals surface area contributed by atoms with Crippen molar-refractivity contribution >= 4 is 11.9 Å². The Morgan fingerprint density at radius 2 is 2.29 bits per heavy atom. The van der Waals surface area contributed by atoms with Gasteiger partial charge in [-0.2, -0.15) is 0 Å². The topological polar surface area (TPSA) is 79.3 Å². The fourth-order valence-corrected chi connectivity index (χ4v) is 1.31. The average molecular weight is 190 g/mol.